The van der Waals surface area contributed by atoms with E-state index in [4.69, 9.17) is 0 Å². The smallest absolute Gasteiger partial charge is 0.253 e. The Morgan fingerprint density at radius 1 is 1.26 bits per heavy atom. The minimum absolute atomic E-state index is 0.448. The van der Waals surface area contributed by atoms with Crippen molar-refractivity contribution < 1.29 is 0 Å². The zero-order valence-corrected chi connectivity index (χ0v) is 14.3. The Morgan fingerprint density at radius 2 is 2.04 bits per heavy atom. The van der Waals surface area contributed by atoms with Gasteiger partial charge in [0.25, 0.3) is 5.95 Å². The molecule has 0 saturated heterocycles. The molecule has 0 unspecified atom stereocenters. The van der Waals surface area contributed by atoms with Crippen molar-refractivity contribution in [2.24, 2.45) is 4.99 Å². The van der Waals surface area contributed by atoms with Crippen LogP contribution in [0.2, 0.25) is 0 Å². The maximum atomic E-state index is 4.49. The number of aromatic nitrogens is 2. The fourth-order valence-electron chi connectivity index (χ4n) is 1.71. The molecule has 0 atom stereocenters. The van der Waals surface area contributed by atoms with E-state index in [9.17, 15) is 0 Å². The molecule has 5 nitrogen and oxygen atoms in total. The molecule has 0 fully saturated rings. The highest BCUT2D eigenvalue weighted by molar-refractivity contribution is 7.98. The van der Waals surface area contributed by atoms with Crippen molar-refractivity contribution in [3.63, 3.8) is 0 Å². The second-order valence-corrected chi connectivity index (χ2v) is 6.04. The molecule has 0 radical (unpaired) electrons. The second-order valence-electron chi connectivity index (χ2n) is 5.04. The lowest BCUT2D eigenvalue weighted by Gasteiger charge is -2.08. The third-order valence-electron chi connectivity index (χ3n) is 2.75. The van der Waals surface area contributed by atoms with Crippen molar-refractivity contribution in [3.05, 3.63) is 54.6 Å². The van der Waals surface area contributed by atoms with Gasteiger partial charge in [-0.05, 0) is 5.56 Å². The molecule has 23 heavy (non-hydrogen) atoms. The molecule has 1 N–H and O–H groups in total. The molecule has 0 amide bonds. The van der Waals surface area contributed by atoms with Crippen molar-refractivity contribution in [1.29, 1.82) is 0 Å². The first kappa shape index (κ1) is 17.0. The van der Waals surface area contributed by atoms with Crippen LogP contribution in [0, 0.1) is 0 Å². The molecule has 1 aromatic heterocycles. The van der Waals surface area contributed by atoms with Crippen LogP contribution in [-0.4, -0.2) is 41.8 Å². The van der Waals surface area contributed by atoms with Gasteiger partial charge >= 0.3 is 0 Å². The van der Waals surface area contributed by atoms with E-state index in [-0.39, 0.29) is 0 Å². The van der Waals surface area contributed by atoms with Gasteiger partial charge in [-0.15, -0.1) is 18.3 Å². The molecule has 0 aliphatic carbocycles. The molecule has 0 bridgehead atoms. The summed E-state index contributed by atoms with van der Waals surface area (Å²) < 4.78 is 0. The van der Waals surface area contributed by atoms with Gasteiger partial charge in [-0.3, -0.25) is 0 Å². The summed E-state index contributed by atoms with van der Waals surface area (Å²) >= 11 is 1.67. The van der Waals surface area contributed by atoms with Gasteiger partial charge in [0.2, 0.25) is 0 Å². The minimum Gasteiger partial charge on any atom is -0.369 e. The monoisotopic (exact) mass is 327 g/mol. The lowest BCUT2D eigenvalue weighted by molar-refractivity contribution is 0.642. The van der Waals surface area contributed by atoms with Crippen molar-refractivity contribution in [1.82, 2.24) is 14.9 Å². The third-order valence-corrected chi connectivity index (χ3v) is 3.73. The molecule has 2 rings (SSSR count). The normalized spacial score (nSPS) is 10.7. The van der Waals surface area contributed by atoms with Crippen LogP contribution < -0.4 is 5.32 Å². The fourth-order valence-corrected chi connectivity index (χ4v) is 2.56. The number of aliphatic imine (C=N–C) groups is 1. The molecule has 0 spiro atoms. The Bertz CT molecular complexity index is 655. The number of rotatable bonds is 8. The summed E-state index contributed by atoms with van der Waals surface area (Å²) in [6, 6.07) is 12.3. The van der Waals surface area contributed by atoms with E-state index in [0.717, 1.165) is 16.6 Å². The number of thioether (sulfide) groups is 1. The molecule has 0 aliphatic heterocycles. The Labute approximate surface area is 141 Å². The highest BCUT2D eigenvalue weighted by atomic mass is 32.2. The Morgan fingerprint density at radius 3 is 2.74 bits per heavy atom. The summed E-state index contributed by atoms with van der Waals surface area (Å²) in [5.74, 6) is 2.06. The summed E-state index contributed by atoms with van der Waals surface area (Å²) in [7, 11) is 3.82. The second kappa shape index (κ2) is 8.95. The fraction of sp³-hybridized carbons (Fsp3) is 0.235. The van der Waals surface area contributed by atoms with Crippen LogP contribution in [0.4, 0.5) is 11.8 Å². The summed E-state index contributed by atoms with van der Waals surface area (Å²) in [5.41, 5.74) is 1.26. The van der Waals surface area contributed by atoms with Crippen LogP contribution >= 0.6 is 11.8 Å². The van der Waals surface area contributed by atoms with E-state index in [1.807, 2.05) is 43.3 Å². The highest BCUT2D eigenvalue weighted by Crippen LogP contribution is 2.24. The number of hydrogen-bond donors (Lipinski definition) is 1. The van der Waals surface area contributed by atoms with Crippen LogP contribution in [0.15, 0.2) is 59.1 Å². The van der Waals surface area contributed by atoms with Gasteiger partial charge in [0.05, 0.1) is 6.34 Å². The van der Waals surface area contributed by atoms with E-state index in [2.05, 4.69) is 39.0 Å². The first-order valence-corrected chi connectivity index (χ1v) is 8.27. The first-order valence-electron chi connectivity index (χ1n) is 7.28. The molecule has 1 heterocycles. The SMILES string of the molecule is C=CCNc1cc(SCc2ccccc2)nc(/N=C/N(C)C)n1. The van der Waals surface area contributed by atoms with E-state index >= 15 is 0 Å². The third kappa shape index (κ3) is 6.12. The average Bonchev–Trinajstić information content (AvgIpc) is 2.57. The van der Waals surface area contributed by atoms with E-state index in [1.165, 1.54) is 5.56 Å². The van der Waals surface area contributed by atoms with Gasteiger partial charge in [0.1, 0.15) is 10.8 Å². The predicted molar refractivity (Wildman–Crippen MR) is 98.6 cm³/mol. The van der Waals surface area contributed by atoms with Crippen LogP contribution in [-0.2, 0) is 5.75 Å². The van der Waals surface area contributed by atoms with Crippen LogP contribution in [0.5, 0.6) is 0 Å². The molecule has 1 aromatic carbocycles. The van der Waals surface area contributed by atoms with E-state index in [0.29, 0.717) is 12.5 Å². The number of anilines is 1. The lowest BCUT2D eigenvalue weighted by Crippen LogP contribution is -2.07. The lowest BCUT2D eigenvalue weighted by atomic mass is 10.2. The van der Waals surface area contributed by atoms with E-state index in [1.54, 1.807) is 24.2 Å². The first-order chi connectivity index (χ1) is 11.2. The number of benzene rings is 1. The number of nitrogens with one attached hydrogen (secondary N) is 1. The zero-order valence-electron chi connectivity index (χ0n) is 13.4. The quantitative estimate of drug-likeness (QED) is 0.264. The molecular weight excluding hydrogens is 306 g/mol. The minimum atomic E-state index is 0.448. The maximum Gasteiger partial charge on any atom is 0.253 e. The van der Waals surface area contributed by atoms with Gasteiger partial charge < -0.3 is 10.2 Å². The Balaban J connectivity index is 2.15. The van der Waals surface area contributed by atoms with Crippen molar-refractivity contribution in [3.8, 4) is 0 Å². The molecular formula is C17H21N5S. The molecule has 0 aliphatic rings. The van der Waals surface area contributed by atoms with E-state index < -0.39 is 0 Å². The van der Waals surface area contributed by atoms with Gasteiger partial charge in [0.15, 0.2) is 0 Å². The molecule has 6 heteroatoms. The van der Waals surface area contributed by atoms with Crippen molar-refractivity contribution in [2.45, 2.75) is 10.8 Å². The Hall–Kier alpha value is -2.34. The summed E-state index contributed by atoms with van der Waals surface area (Å²) in [6.07, 6.45) is 3.49. The van der Waals surface area contributed by atoms with Crippen LogP contribution in [0.25, 0.3) is 0 Å². The molecule has 120 valence electrons. The van der Waals surface area contributed by atoms with Gasteiger partial charge in [0, 0.05) is 32.5 Å². The summed E-state index contributed by atoms with van der Waals surface area (Å²) in [6.45, 7) is 4.36. The van der Waals surface area contributed by atoms with Gasteiger partial charge in [-0.2, -0.15) is 4.98 Å². The number of nitrogens with zero attached hydrogens (tertiary/aromatic N) is 4. The van der Waals surface area contributed by atoms with Gasteiger partial charge in [-0.25, -0.2) is 9.98 Å². The average molecular weight is 327 g/mol. The molecule has 2 aromatic rings. The largest absolute Gasteiger partial charge is 0.369 e. The molecule has 0 saturated carbocycles. The predicted octanol–water partition coefficient (Wildman–Crippen LogP) is 3.59. The van der Waals surface area contributed by atoms with Crippen LogP contribution in [0.3, 0.4) is 0 Å². The summed E-state index contributed by atoms with van der Waals surface area (Å²) in [4.78, 5) is 15.0. The van der Waals surface area contributed by atoms with Crippen LogP contribution in [0.1, 0.15) is 5.56 Å². The van der Waals surface area contributed by atoms with Crippen molar-refractivity contribution in [2.75, 3.05) is 26.0 Å². The zero-order chi connectivity index (χ0) is 16.5. The Kier molecular flexibility index (Phi) is 6.62. The standard InChI is InChI=1S/C17H21N5S/c1-4-10-18-15-11-16(21-17(20-15)19-13-22(2)3)23-12-14-8-6-5-7-9-14/h4-9,11,13H,1,10,12H2,2-3H3,(H,18,20,21)/b19-13+. The maximum absolute atomic E-state index is 4.49. The highest BCUT2D eigenvalue weighted by Gasteiger charge is 2.05. The van der Waals surface area contributed by atoms with Crippen molar-refractivity contribution >= 4 is 29.9 Å². The van der Waals surface area contributed by atoms with Gasteiger partial charge in [-0.1, -0.05) is 36.4 Å². The topological polar surface area (TPSA) is 53.4 Å². The summed E-state index contributed by atoms with van der Waals surface area (Å²) in [5, 5.41) is 4.08. The number of hydrogen-bond acceptors (Lipinski definition) is 5.